The number of hydrogen-bond donors (Lipinski definition) is 1. The summed E-state index contributed by atoms with van der Waals surface area (Å²) in [5.74, 6) is 0.681. The summed E-state index contributed by atoms with van der Waals surface area (Å²) in [6.45, 7) is 0.693. The number of nitrogens with two attached hydrogens (primary N) is 1. The summed E-state index contributed by atoms with van der Waals surface area (Å²) in [7, 11) is 0. The fourth-order valence-corrected chi connectivity index (χ4v) is 1.84. The molecule has 1 heterocycles. The van der Waals surface area contributed by atoms with Crippen molar-refractivity contribution in [3.05, 3.63) is 54.5 Å². The minimum atomic E-state index is 0.312. The average molecular weight is 258 g/mol. The summed E-state index contributed by atoms with van der Waals surface area (Å²) in [5.41, 5.74) is 6.96. The van der Waals surface area contributed by atoms with Crippen LogP contribution in [0.25, 0.3) is 0 Å². The minimum absolute atomic E-state index is 0.312. The van der Waals surface area contributed by atoms with E-state index in [1.54, 1.807) is 23.5 Å². The van der Waals surface area contributed by atoms with Gasteiger partial charge in [-0.2, -0.15) is 0 Å². The van der Waals surface area contributed by atoms with Crippen molar-refractivity contribution in [2.75, 3.05) is 11.4 Å². The van der Waals surface area contributed by atoms with Gasteiger partial charge in [-0.25, -0.2) is 4.98 Å². The van der Waals surface area contributed by atoms with Crippen LogP contribution in [0.5, 0.6) is 0 Å². The number of aromatic nitrogens is 2. The first kappa shape index (κ1) is 12.4. The molecule has 0 fully saturated rings. The maximum absolute atomic E-state index is 5.72. The number of hydrogen-bond acceptors (Lipinski definition) is 3. The van der Waals surface area contributed by atoms with Crippen molar-refractivity contribution in [2.24, 2.45) is 5.73 Å². The summed E-state index contributed by atoms with van der Waals surface area (Å²) >= 11 is 5.05. The molecule has 4 nitrogen and oxygen atoms in total. The van der Waals surface area contributed by atoms with E-state index in [0.29, 0.717) is 17.5 Å². The molecule has 0 saturated heterocycles. The van der Waals surface area contributed by atoms with Gasteiger partial charge in [0.25, 0.3) is 0 Å². The third kappa shape index (κ3) is 3.24. The Bertz CT molecular complexity index is 501. The first-order valence-corrected chi connectivity index (χ1v) is 6.05. The number of benzene rings is 1. The van der Waals surface area contributed by atoms with E-state index in [1.807, 2.05) is 18.2 Å². The van der Waals surface area contributed by atoms with Crippen LogP contribution in [0.15, 0.2) is 48.9 Å². The molecule has 0 unspecified atom stereocenters. The van der Waals surface area contributed by atoms with Gasteiger partial charge in [-0.1, -0.05) is 30.3 Å². The molecule has 0 spiro atoms. The van der Waals surface area contributed by atoms with Crippen LogP contribution in [-0.2, 0) is 6.42 Å². The topological polar surface area (TPSA) is 55.0 Å². The zero-order chi connectivity index (χ0) is 12.8. The van der Waals surface area contributed by atoms with E-state index in [9.17, 15) is 0 Å². The van der Waals surface area contributed by atoms with Crippen molar-refractivity contribution >= 4 is 23.1 Å². The third-order valence-electron chi connectivity index (χ3n) is 2.56. The van der Waals surface area contributed by atoms with Gasteiger partial charge in [0.2, 0.25) is 0 Å². The second-order valence-electron chi connectivity index (χ2n) is 3.79. The largest absolute Gasteiger partial charge is 0.376 e. The Hall–Kier alpha value is -2.01. The Balaban J connectivity index is 2.06. The van der Waals surface area contributed by atoms with Crippen LogP contribution in [0.2, 0.25) is 0 Å². The predicted molar refractivity (Wildman–Crippen MR) is 76.3 cm³/mol. The molecule has 1 aromatic heterocycles. The van der Waals surface area contributed by atoms with Gasteiger partial charge >= 0.3 is 0 Å². The summed E-state index contributed by atoms with van der Waals surface area (Å²) in [4.78, 5) is 10.0. The quantitative estimate of drug-likeness (QED) is 0.847. The molecule has 0 saturated carbocycles. The molecule has 2 N–H and O–H groups in total. The lowest BCUT2D eigenvalue weighted by molar-refractivity contribution is 0.913. The highest BCUT2D eigenvalue weighted by Gasteiger charge is 2.10. The molecular weight excluding hydrogens is 244 g/mol. The van der Waals surface area contributed by atoms with Gasteiger partial charge in [0, 0.05) is 18.9 Å². The number of anilines is 1. The van der Waals surface area contributed by atoms with E-state index in [4.69, 9.17) is 18.0 Å². The van der Waals surface area contributed by atoms with Crippen LogP contribution in [0, 0.1) is 0 Å². The monoisotopic (exact) mass is 258 g/mol. The van der Waals surface area contributed by atoms with Crippen molar-refractivity contribution in [1.29, 1.82) is 0 Å². The van der Waals surface area contributed by atoms with E-state index in [1.165, 1.54) is 5.56 Å². The number of rotatable bonds is 4. The zero-order valence-corrected chi connectivity index (χ0v) is 10.7. The van der Waals surface area contributed by atoms with Crippen molar-refractivity contribution in [3.8, 4) is 0 Å². The smallest absolute Gasteiger partial charge is 0.172 e. The van der Waals surface area contributed by atoms with Crippen LogP contribution in [-0.4, -0.2) is 21.6 Å². The van der Waals surface area contributed by atoms with Gasteiger partial charge in [0.05, 0.1) is 6.20 Å². The Kier molecular flexibility index (Phi) is 4.20. The molecule has 92 valence electrons. The van der Waals surface area contributed by atoms with Crippen LogP contribution in [0.4, 0.5) is 5.82 Å². The molecule has 18 heavy (non-hydrogen) atoms. The zero-order valence-electron chi connectivity index (χ0n) is 9.86. The average Bonchev–Trinajstić information content (AvgIpc) is 2.41. The maximum Gasteiger partial charge on any atom is 0.172 e. The fourth-order valence-electron chi connectivity index (χ4n) is 1.65. The first-order chi connectivity index (χ1) is 8.77. The van der Waals surface area contributed by atoms with Crippen LogP contribution < -0.4 is 10.6 Å². The van der Waals surface area contributed by atoms with Crippen molar-refractivity contribution in [2.45, 2.75) is 6.42 Å². The van der Waals surface area contributed by atoms with Gasteiger partial charge in [0.15, 0.2) is 10.9 Å². The van der Waals surface area contributed by atoms with Gasteiger partial charge in [-0.15, -0.1) is 0 Å². The standard InChI is InChI=1S/C13H14N4S/c14-13(18)17(12-10-15-7-8-16-12)9-6-11-4-2-1-3-5-11/h1-5,7-8,10H,6,9H2,(H2,14,18). The van der Waals surface area contributed by atoms with E-state index < -0.39 is 0 Å². The molecule has 0 aliphatic carbocycles. The Morgan fingerprint density at radius 2 is 2.00 bits per heavy atom. The normalized spacial score (nSPS) is 10.0. The summed E-state index contributed by atoms with van der Waals surface area (Å²) in [6.07, 6.45) is 5.76. The molecule has 5 heteroatoms. The molecule has 2 aromatic rings. The lowest BCUT2D eigenvalue weighted by atomic mass is 10.1. The van der Waals surface area contributed by atoms with E-state index in [2.05, 4.69) is 22.1 Å². The second kappa shape index (κ2) is 6.07. The van der Waals surface area contributed by atoms with Crippen molar-refractivity contribution in [1.82, 2.24) is 9.97 Å². The van der Waals surface area contributed by atoms with Gasteiger partial charge in [-0.05, 0) is 24.2 Å². The highest BCUT2D eigenvalue weighted by atomic mass is 32.1. The van der Waals surface area contributed by atoms with Crippen LogP contribution in [0.3, 0.4) is 0 Å². The molecule has 0 bridgehead atoms. The summed E-state index contributed by atoms with van der Waals surface area (Å²) < 4.78 is 0. The molecule has 0 aliphatic rings. The predicted octanol–water partition coefficient (Wildman–Crippen LogP) is 1.77. The lowest BCUT2D eigenvalue weighted by Crippen LogP contribution is -2.37. The van der Waals surface area contributed by atoms with Gasteiger partial charge in [0.1, 0.15) is 0 Å². The van der Waals surface area contributed by atoms with Crippen LogP contribution >= 0.6 is 12.2 Å². The maximum atomic E-state index is 5.72. The number of nitrogens with zero attached hydrogens (tertiary/aromatic N) is 3. The summed E-state index contributed by atoms with van der Waals surface area (Å²) in [6, 6.07) is 10.2. The van der Waals surface area contributed by atoms with Gasteiger partial charge < -0.3 is 10.6 Å². The Morgan fingerprint density at radius 3 is 2.61 bits per heavy atom. The third-order valence-corrected chi connectivity index (χ3v) is 2.78. The number of thiocarbonyl (C=S) groups is 1. The second-order valence-corrected chi connectivity index (χ2v) is 4.21. The minimum Gasteiger partial charge on any atom is -0.376 e. The molecule has 2 rings (SSSR count). The molecule has 1 aromatic carbocycles. The highest BCUT2D eigenvalue weighted by Crippen LogP contribution is 2.09. The van der Waals surface area contributed by atoms with E-state index in [-0.39, 0.29) is 0 Å². The lowest BCUT2D eigenvalue weighted by Gasteiger charge is -2.21. The van der Waals surface area contributed by atoms with Crippen molar-refractivity contribution in [3.63, 3.8) is 0 Å². The Morgan fingerprint density at radius 1 is 1.22 bits per heavy atom. The van der Waals surface area contributed by atoms with E-state index >= 15 is 0 Å². The highest BCUT2D eigenvalue weighted by molar-refractivity contribution is 7.80. The summed E-state index contributed by atoms with van der Waals surface area (Å²) in [5, 5.41) is 0.312. The molecule has 0 atom stereocenters. The Labute approximate surface area is 111 Å². The molecule has 0 aliphatic heterocycles. The fraction of sp³-hybridized carbons (Fsp3) is 0.154. The molecular formula is C13H14N4S. The van der Waals surface area contributed by atoms with Crippen molar-refractivity contribution < 1.29 is 0 Å². The first-order valence-electron chi connectivity index (χ1n) is 5.64. The molecule has 0 amide bonds. The SMILES string of the molecule is NC(=S)N(CCc1ccccc1)c1cnccn1. The van der Waals surface area contributed by atoms with E-state index in [0.717, 1.165) is 6.42 Å². The van der Waals surface area contributed by atoms with Crippen LogP contribution in [0.1, 0.15) is 5.56 Å². The van der Waals surface area contributed by atoms with Gasteiger partial charge in [-0.3, -0.25) is 4.98 Å². The molecule has 0 radical (unpaired) electrons.